The fraction of sp³-hybridized carbons (Fsp3) is 0.429. The van der Waals surface area contributed by atoms with Gasteiger partial charge in [0.1, 0.15) is 0 Å². The van der Waals surface area contributed by atoms with Crippen LogP contribution in [0.25, 0.3) is 0 Å². The Labute approximate surface area is 112 Å². The number of unbranched alkanes of at least 4 members (excludes halogenated alkanes) is 1. The molecule has 104 valence electrons. The molecule has 0 aromatic heterocycles. The smallest absolute Gasteiger partial charge is 0.407 e. The second-order valence-electron chi connectivity index (χ2n) is 4.17. The highest BCUT2D eigenvalue weighted by Gasteiger charge is 2.04. The predicted molar refractivity (Wildman–Crippen MR) is 71.4 cm³/mol. The van der Waals surface area contributed by atoms with Crippen molar-refractivity contribution in [2.24, 2.45) is 0 Å². The first-order chi connectivity index (χ1) is 9.13. The van der Waals surface area contributed by atoms with Crippen LogP contribution in [0.5, 0.6) is 0 Å². The molecule has 0 bridgehead atoms. The molecule has 0 saturated carbocycles. The fourth-order valence-corrected chi connectivity index (χ4v) is 1.53. The highest BCUT2D eigenvalue weighted by atomic mass is 16.5. The van der Waals surface area contributed by atoms with Crippen molar-refractivity contribution < 1.29 is 19.4 Å². The van der Waals surface area contributed by atoms with E-state index in [0.29, 0.717) is 19.6 Å². The van der Waals surface area contributed by atoms with E-state index in [9.17, 15) is 9.59 Å². The van der Waals surface area contributed by atoms with Gasteiger partial charge in [0.2, 0.25) is 0 Å². The number of carboxylic acids is 1. The van der Waals surface area contributed by atoms with Crippen LogP contribution in [0.2, 0.25) is 0 Å². The van der Waals surface area contributed by atoms with Crippen LogP contribution in [0.4, 0.5) is 4.79 Å². The molecular weight excluding hydrogens is 246 g/mol. The molecule has 0 radical (unpaired) electrons. The topological polar surface area (TPSA) is 75.6 Å². The van der Waals surface area contributed by atoms with E-state index in [1.54, 1.807) is 12.1 Å². The van der Waals surface area contributed by atoms with Crippen LogP contribution in [-0.2, 0) is 11.2 Å². The molecule has 2 N–H and O–H groups in total. The van der Waals surface area contributed by atoms with Gasteiger partial charge in [0.15, 0.2) is 0 Å². The van der Waals surface area contributed by atoms with Gasteiger partial charge in [-0.1, -0.05) is 25.5 Å². The van der Waals surface area contributed by atoms with Crippen molar-refractivity contribution in [2.45, 2.75) is 26.2 Å². The number of amides is 1. The molecule has 5 heteroatoms. The lowest BCUT2D eigenvalue weighted by atomic mass is 10.1. The Bertz CT molecular complexity index is 431. The van der Waals surface area contributed by atoms with Crippen molar-refractivity contribution in [2.75, 3.05) is 13.2 Å². The highest BCUT2D eigenvalue weighted by Crippen LogP contribution is 2.05. The number of hydrogen-bond acceptors (Lipinski definition) is 3. The van der Waals surface area contributed by atoms with Crippen LogP contribution in [0.1, 0.15) is 35.7 Å². The normalized spacial score (nSPS) is 9.95. The number of ether oxygens (including phenoxy) is 1. The molecule has 1 rings (SSSR count). The zero-order chi connectivity index (χ0) is 14.1. The van der Waals surface area contributed by atoms with Gasteiger partial charge < -0.3 is 15.2 Å². The molecule has 1 amide bonds. The summed E-state index contributed by atoms with van der Waals surface area (Å²) in [7, 11) is 0. The molecule has 1 aromatic rings. The SMILES string of the molecule is CCCCOC(=O)NCCc1cccc(C(=O)O)c1. The van der Waals surface area contributed by atoms with Gasteiger partial charge >= 0.3 is 12.1 Å². The molecule has 1 aromatic carbocycles. The van der Waals surface area contributed by atoms with Crippen molar-refractivity contribution >= 4 is 12.1 Å². The highest BCUT2D eigenvalue weighted by molar-refractivity contribution is 5.87. The summed E-state index contributed by atoms with van der Waals surface area (Å²) in [4.78, 5) is 22.0. The second-order valence-corrected chi connectivity index (χ2v) is 4.17. The lowest BCUT2D eigenvalue weighted by molar-refractivity contribution is 0.0696. The molecule has 5 nitrogen and oxygen atoms in total. The summed E-state index contributed by atoms with van der Waals surface area (Å²) >= 11 is 0. The van der Waals surface area contributed by atoms with Gasteiger partial charge in [-0.2, -0.15) is 0 Å². The van der Waals surface area contributed by atoms with E-state index >= 15 is 0 Å². The standard InChI is InChI=1S/C14H19NO4/c1-2-3-9-19-14(18)15-8-7-11-5-4-6-12(10-11)13(16)17/h4-6,10H,2-3,7-9H2,1H3,(H,15,18)(H,16,17). The maximum atomic E-state index is 11.3. The van der Waals surface area contributed by atoms with E-state index in [1.165, 1.54) is 6.07 Å². The van der Waals surface area contributed by atoms with E-state index in [-0.39, 0.29) is 5.56 Å². The van der Waals surface area contributed by atoms with Crippen LogP contribution < -0.4 is 5.32 Å². The lowest BCUT2D eigenvalue weighted by Crippen LogP contribution is -2.26. The number of carbonyl (C=O) groups excluding carboxylic acids is 1. The molecule has 0 unspecified atom stereocenters. The van der Waals surface area contributed by atoms with E-state index in [0.717, 1.165) is 18.4 Å². The average Bonchev–Trinajstić information content (AvgIpc) is 2.39. The zero-order valence-electron chi connectivity index (χ0n) is 11.0. The third-order valence-corrected chi connectivity index (χ3v) is 2.59. The first-order valence-corrected chi connectivity index (χ1v) is 6.36. The number of aromatic carboxylic acids is 1. The van der Waals surface area contributed by atoms with Crippen molar-refractivity contribution in [3.8, 4) is 0 Å². The Morgan fingerprint density at radius 1 is 1.37 bits per heavy atom. The van der Waals surface area contributed by atoms with E-state index in [2.05, 4.69) is 5.32 Å². The quantitative estimate of drug-likeness (QED) is 0.742. The third-order valence-electron chi connectivity index (χ3n) is 2.59. The minimum atomic E-state index is -0.950. The molecule has 0 aliphatic heterocycles. The zero-order valence-corrected chi connectivity index (χ0v) is 11.0. The predicted octanol–water partition coefficient (Wildman–Crippen LogP) is 2.45. The van der Waals surface area contributed by atoms with Crippen molar-refractivity contribution in [3.63, 3.8) is 0 Å². The minimum absolute atomic E-state index is 0.253. The minimum Gasteiger partial charge on any atom is -0.478 e. The molecule has 19 heavy (non-hydrogen) atoms. The number of hydrogen-bond donors (Lipinski definition) is 2. The van der Waals surface area contributed by atoms with Crippen LogP contribution in [-0.4, -0.2) is 30.3 Å². The first kappa shape index (κ1) is 15.0. The van der Waals surface area contributed by atoms with E-state index < -0.39 is 12.1 Å². The van der Waals surface area contributed by atoms with Crippen LogP contribution in [0.15, 0.2) is 24.3 Å². The van der Waals surface area contributed by atoms with Gasteiger partial charge in [-0.3, -0.25) is 0 Å². The second kappa shape index (κ2) is 8.13. The summed E-state index contributed by atoms with van der Waals surface area (Å²) in [5.74, 6) is -0.950. The Hall–Kier alpha value is -2.04. The van der Waals surface area contributed by atoms with Gasteiger partial charge in [-0.05, 0) is 30.5 Å². The van der Waals surface area contributed by atoms with Gasteiger partial charge in [0.05, 0.1) is 12.2 Å². The summed E-state index contributed by atoms with van der Waals surface area (Å²) in [6.07, 6.45) is 1.98. The van der Waals surface area contributed by atoms with E-state index in [4.69, 9.17) is 9.84 Å². The molecule has 0 atom stereocenters. The molecular formula is C14H19NO4. The molecule has 0 fully saturated rings. The summed E-state index contributed by atoms with van der Waals surface area (Å²) in [6, 6.07) is 6.67. The Morgan fingerprint density at radius 3 is 2.84 bits per heavy atom. The van der Waals surface area contributed by atoms with Crippen LogP contribution in [0, 0.1) is 0 Å². The summed E-state index contributed by atoms with van der Waals surface area (Å²) in [5.41, 5.74) is 1.12. The van der Waals surface area contributed by atoms with Gasteiger partial charge in [-0.25, -0.2) is 9.59 Å². The first-order valence-electron chi connectivity index (χ1n) is 6.36. The summed E-state index contributed by atoms with van der Waals surface area (Å²) in [6.45, 7) is 2.88. The molecule has 0 aliphatic rings. The lowest BCUT2D eigenvalue weighted by Gasteiger charge is -2.07. The Kier molecular flexibility index (Phi) is 6.43. The molecule has 0 spiro atoms. The molecule has 0 aliphatic carbocycles. The van der Waals surface area contributed by atoms with Crippen LogP contribution in [0.3, 0.4) is 0 Å². The summed E-state index contributed by atoms with van der Waals surface area (Å²) in [5, 5.41) is 11.5. The number of alkyl carbamates (subject to hydrolysis) is 1. The van der Waals surface area contributed by atoms with Gasteiger partial charge in [-0.15, -0.1) is 0 Å². The number of rotatable bonds is 7. The fourth-order valence-electron chi connectivity index (χ4n) is 1.53. The maximum absolute atomic E-state index is 11.3. The van der Waals surface area contributed by atoms with Crippen molar-refractivity contribution in [1.82, 2.24) is 5.32 Å². The van der Waals surface area contributed by atoms with Crippen LogP contribution >= 0.6 is 0 Å². The molecule has 0 heterocycles. The number of nitrogens with one attached hydrogen (secondary N) is 1. The van der Waals surface area contributed by atoms with E-state index in [1.807, 2.05) is 13.0 Å². The third kappa shape index (κ3) is 5.90. The number of carboxylic acid groups (broad SMARTS) is 1. The maximum Gasteiger partial charge on any atom is 0.407 e. The largest absolute Gasteiger partial charge is 0.478 e. The summed E-state index contributed by atoms with van der Waals surface area (Å²) < 4.78 is 4.94. The molecule has 0 saturated heterocycles. The van der Waals surface area contributed by atoms with Gasteiger partial charge in [0.25, 0.3) is 0 Å². The van der Waals surface area contributed by atoms with Gasteiger partial charge in [0, 0.05) is 6.54 Å². The Morgan fingerprint density at radius 2 is 2.16 bits per heavy atom. The Balaban J connectivity index is 2.31. The van der Waals surface area contributed by atoms with Crippen molar-refractivity contribution in [3.05, 3.63) is 35.4 Å². The van der Waals surface area contributed by atoms with Crippen molar-refractivity contribution in [1.29, 1.82) is 0 Å². The number of benzene rings is 1. The monoisotopic (exact) mass is 265 g/mol. The average molecular weight is 265 g/mol. The number of carbonyl (C=O) groups is 2.